The summed E-state index contributed by atoms with van der Waals surface area (Å²) in [4.78, 5) is 0. The smallest absolute Gasteiger partial charge is 0.119 e. The van der Waals surface area contributed by atoms with Crippen LogP contribution < -0.4 is 10.1 Å². The summed E-state index contributed by atoms with van der Waals surface area (Å²) in [5.41, 5.74) is 2.51. The minimum absolute atomic E-state index is 0.224. The van der Waals surface area contributed by atoms with Gasteiger partial charge in [-0.15, -0.1) is 0 Å². The van der Waals surface area contributed by atoms with Gasteiger partial charge in [-0.05, 0) is 37.2 Å². The second-order valence-corrected chi connectivity index (χ2v) is 4.13. The van der Waals surface area contributed by atoms with Crippen molar-refractivity contribution in [2.75, 3.05) is 13.7 Å². The lowest BCUT2D eigenvalue weighted by atomic mass is 9.99. The Morgan fingerprint density at radius 3 is 2.11 bits per heavy atom. The van der Waals surface area contributed by atoms with Crippen molar-refractivity contribution < 1.29 is 4.74 Å². The Hall–Kier alpha value is -1.80. The molecule has 2 aromatic rings. The molecule has 1 atom stereocenters. The van der Waals surface area contributed by atoms with Crippen LogP contribution in [0.5, 0.6) is 5.75 Å². The van der Waals surface area contributed by atoms with Gasteiger partial charge in [-0.1, -0.05) is 42.5 Å². The topological polar surface area (TPSA) is 21.3 Å². The Morgan fingerprint density at radius 1 is 0.944 bits per heavy atom. The van der Waals surface area contributed by atoms with E-state index in [2.05, 4.69) is 41.7 Å². The maximum atomic E-state index is 5.46. The molecule has 2 aromatic carbocycles. The van der Waals surface area contributed by atoms with Gasteiger partial charge in [0.05, 0.1) is 12.6 Å². The summed E-state index contributed by atoms with van der Waals surface area (Å²) in [7, 11) is 1.98. The summed E-state index contributed by atoms with van der Waals surface area (Å²) in [6.45, 7) is 2.70. The third-order valence-corrected chi connectivity index (χ3v) is 2.95. The first-order valence-corrected chi connectivity index (χ1v) is 6.30. The highest BCUT2D eigenvalue weighted by Crippen LogP contribution is 2.23. The minimum atomic E-state index is 0.224. The van der Waals surface area contributed by atoms with Crippen LogP contribution in [0.1, 0.15) is 24.1 Å². The van der Waals surface area contributed by atoms with E-state index in [1.54, 1.807) is 0 Å². The van der Waals surface area contributed by atoms with Crippen LogP contribution in [0.25, 0.3) is 0 Å². The van der Waals surface area contributed by atoms with Crippen molar-refractivity contribution in [2.24, 2.45) is 0 Å². The molecular formula is C16H19NO. The molecule has 2 heteroatoms. The van der Waals surface area contributed by atoms with Crippen LogP contribution in [0.15, 0.2) is 54.6 Å². The molecule has 0 amide bonds. The molecule has 0 heterocycles. The first-order chi connectivity index (χ1) is 8.85. The third-order valence-electron chi connectivity index (χ3n) is 2.95. The second-order valence-electron chi connectivity index (χ2n) is 4.13. The Kier molecular flexibility index (Phi) is 4.37. The summed E-state index contributed by atoms with van der Waals surface area (Å²) < 4.78 is 5.46. The Balaban J connectivity index is 2.23. The van der Waals surface area contributed by atoms with Crippen molar-refractivity contribution in [1.29, 1.82) is 0 Å². The average molecular weight is 241 g/mol. The molecule has 0 saturated heterocycles. The van der Waals surface area contributed by atoms with E-state index in [1.165, 1.54) is 11.1 Å². The standard InChI is InChI=1S/C16H19NO/c1-3-18-15-11-9-14(10-12-15)16(17-2)13-7-5-4-6-8-13/h4-12,16-17H,3H2,1-2H3. The summed E-state index contributed by atoms with van der Waals surface area (Å²) in [5, 5.41) is 3.35. The lowest BCUT2D eigenvalue weighted by molar-refractivity contribution is 0.340. The molecule has 0 fully saturated rings. The SMILES string of the molecule is CCOc1ccc(C(NC)c2ccccc2)cc1. The van der Waals surface area contributed by atoms with Crippen molar-refractivity contribution in [2.45, 2.75) is 13.0 Å². The van der Waals surface area contributed by atoms with Gasteiger partial charge in [0.25, 0.3) is 0 Å². The Morgan fingerprint density at radius 2 is 1.56 bits per heavy atom. The normalized spacial score (nSPS) is 12.1. The summed E-state index contributed by atoms with van der Waals surface area (Å²) in [6, 6.07) is 18.9. The van der Waals surface area contributed by atoms with Crippen LogP contribution in [-0.4, -0.2) is 13.7 Å². The van der Waals surface area contributed by atoms with E-state index in [1.807, 2.05) is 32.2 Å². The molecule has 0 radical (unpaired) electrons. The lowest BCUT2D eigenvalue weighted by Gasteiger charge is -2.17. The van der Waals surface area contributed by atoms with Gasteiger partial charge < -0.3 is 10.1 Å². The van der Waals surface area contributed by atoms with E-state index < -0.39 is 0 Å². The quantitative estimate of drug-likeness (QED) is 0.866. The van der Waals surface area contributed by atoms with Gasteiger partial charge in [0.2, 0.25) is 0 Å². The zero-order valence-corrected chi connectivity index (χ0v) is 10.9. The van der Waals surface area contributed by atoms with Crippen LogP contribution in [0, 0.1) is 0 Å². The predicted octanol–water partition coefficient (Wildman–Crippen LogP) is 3.39. The number of ether oxygens (including phenoxy) is 1. The first-order valence-electron chi connectivity index (χ1n) is 6.30. The fourth-order valence-electron chi connectivity index (χ4n) is 2.09. The van der Waals surface area contributed by atoms with E-state index in [0.717, 1.165) is 5.75 Å². The molecule has 2 rings (SSSR count). The summed E-state index contributed by atoms with van der Waals surface area (Å²) >= 11 is 0. The van der Waals surface area contributed by atoms with Gasteiger partial charge in [0, 0.05) is 0 Å². The van der Waals surface area contributed by atoms with Gasteiger partial charge in [-0.3, -0.25) is 0 Å². The number of benzene rings is 2. The largest absolute Gasteiger partial charge is 0.494 e. The zero-order valence-electron chi connectivity index (χ0n) is 10.9. The maximum absolute atomic E-state index is 5.46. The summed E-state index contributed by atoms with van der Waals surface area (Å²) in [5.74, 6) is 0.921. The second kappa shape index (κ2) is 6.22. The van der Waals surface area contributed by atoms with Gasteiger partial charge >= 0.3 is 0 Å². The molecule has 18 heavy (non-hydrogen) atoms. The van der Waals surface area contributed by atoms with Crippen molar-refractivity contribution >= 4 is 0 Å². The molecule has 0 saturated carbocycles. The maximum Gasteiger partial charge on any atom is 0.119 e. The van der Waals surface area contributed by atoms with Gasteiger partial charge in [0.1, 0.15) is 5.75 Å². The lowest BCUT2D eigenvalue weighted by Crippen LogP contribution is -2.17. The number of hydrogen-bond donors (Lipinski definition) is 1. The van der Waals surface area contributed by atoms with Crippen LogP contribution in [-0.2, 0) is 0 Å². The molecule has 0 spiro atoms. The van der Waals surface area contributed by atoms with E-state index >= 15 is 0 Å². The first kappa shape index (κ1) is 12.7. The molecule has 0 aliphatic heterocycles. The fourth-order valence-corrected chi connectivity index (χ4v) is 2.09. The van der Waals surface area contributed by atoms with Crippen molar-refractivity contribution in [3.05, 3.63) is 65.7 Å². The van der Waals surface area contributed by atoms with E-state index in [-0.39, 0.29) is 6.04 Å². The van der Waals surface area contributed by atoms with Crippen molar-refractivity contribution in [3.63, 3.8) is 0 Å². The predicted molar refractivity (Wildman–Crippen MR) is 75.0 cm³/mol. The highest BCUT2D eigenvalue weighted by atomic mass is 16.5. The molecule has 2 nitrogen and oxygen atoms in total. The van der Waals surface area contributed by atoms with Crippen LogP contribution in [0.4, 0.5) is 0 Å². The molecule has 0 aliphatic carbocycles. The van der Waals surface area contributed by atoms with Gasteiger partial charge in [-0.2, -0.15) is 0 Å². The minimum Gasteiger partial charge on any atom is -0.494 e. The van der Waals surface area contributed by atoms with E-state index in [0.29, 0.717) is 6.61 Å². The van der Waals surface area contributed by atoms with Crippen LogP contribution >= 0.6 is 0 Å². The van der Waals surface area contributed by atoms with Crippen molar-refractivity contribution in [3.8, 4) is 5.75 Å². The van der Waals surface area contributed by atoms with Gasteiger partial charge in [-0.25, -0.2) is 0 Å². The van der Waals surface area contributed by atoms with Gasteiger partial charge in [0.15, 0.2) is 0 Å². The van der Waals surface area contributed by atoms with Crippen LogP contribution in [0.2, 0.25) is 0 Å². The monoisotopic (exact) mass is 241 g/mol. The number of rotatable bonds is 5. The van der Waals surface area contributed by atoms with Crippen molar-refractivity contribution in [1.82, 2.24) is 5.32 Å². The average Bonchev–Trinajstić information content (AvgIpc) is 2.43. The number of nitrogens with one attached hydrogen (secondary N) is 1. The fraction of sp³-hybridized carbons (Fsp3) is 0.250. The number of hydrogen-bond acceptors (Lipinski definition) is 2. The van der Waals surface area contributed by atoms with E-state index in [9.17, 15) is 0 Å². The molecule has 0 aliphatic rings. The highest BCUT2D eigenvalue weighted by Gasteiger charge is 2.10. The molecule has 0 bridgehead atoms. The molecule has 1 unspecified atom stereocenters. The summed E-state index contributed by atoms with van der Waals surface area (Å²) in [6.07, 6.45) is 0. The zero-order chi connectivity index (χ0) is 12.8. The Bertz CT molecular complexity index is 464. The molecule has 94 valence electrons. The van der Waals surface area contributed by atoms with Crippen LogP contribution in [0.3, 0.4) is 0 Å². The van der Waals surface area contributed by atoms with E-state index in [4.69, 9.17) is 4.74 Å². The Labute approximate surface area is 109 Å². The highest BCUT2D eigenvalue weighted by molar-refractivity contribution is 5.35. The molecule has 1 N–H and O–H groups in total. The molecule has 0 aromatic heterocycles. The third kappa shape index (κ3) is 2.90. The molecular weight excluding hydrogens is 222 g/mol.